The van der Waals surface area contributed by atoms with Gasteiger partial charge in [-0.25, -0.2) is 5.43 Å². The maximum atomic E-state index is 12.0. The van der Waals surface area contributed by atoms with E-state index in [1.54, 1.807) is 24.7 Å². The molecule has 2 amide bonds. The Kier molecular flexibility index (Phi) is 6.97. The standard InChI is InChI=1S/C24H27N5O2/c1-16-7-8-22(17(2)10-16)29-18(3)11-21(19(29)4)15-27-28-24(31)12-23(30)26-14-20-6-5-9-25-13-20/h5-11,13,15H,12,14H2,1-4H3,(H,26,30)(H,28,31)/b27-15+. The smallest absolute Gasteiger partial charge is 0.249 e. The highest BCUT2D eigenvalue weighted by Crippen LogP contribution is 2.23. The largest absolute Gasteiger partial charge is 0.352 e. The lowest BCUT2D eigenvalue weighted by Gasteiger charge is -2.13. The van der Waals surface area contributed by atoms with Gasteiger partial charge in [0.2, 0.25) is 11.8 Å². The van der Waals surface area contributed by atoms with E-state index >= 15 is 0 Å². The Morgan fingerprint density at radius 2 is 1.90 bits per heavy atom. The molecule has 0 spiro atoms. The zero-order chi connectivity index (χ0) is 22.4. The number of amides is 2. The lowest BCUT2D eigenvalue weighted by atomic mass is 10.1. The van der Waals surface area contributed by atoms with Crippen molar-refractivity contribution in [1.82, 2.24) is 20.3 Å². The van der Waals surface area contributed by atoms with E-state index in [0.29, 0.717) is 6.54 Å². The molecule has 31 heavy (non-hydrogen) atoms. The van der Waals surface area contributed by atoms with Crippen molar-refractivity contribution in [3.05, 3.63) is 82.4 Å². The minimum absolute atomic E-state index is 0.292. The molecule has 2 N–H and O–H groups in total. The summed E-state index contributed by atoms with van der Waals surface area (Å²) in [6.45, 7) is 8.55. The summed E-state index contributed by atoms with van der Waals surface area (Å²) in [5.74, 6) is -0.840. The molecule has 3 aromatic rings. The van der Waals surface area contributed by atoms with Gasteiger partial charge in [0, 0.05) is 41.6 Å². The molecule has 0 radical (unpaired) electrons. The predicted octanol–water partition coefficient (Wildman–Crippen LogP) is 3.26. The molecule has 0 unspecified atom stereocenters. The van der Waals surface area contributed by atoms with Crippen LogP contribution in [0.3, 0.4) is 0 Å². The Labute approximate surface area is 182 Å². The number of rotatable bonds is 7. The van der Waals surface area contributed by atoms with Crippen LogP contribution in [0.1, 0.15) is 40.1 Å². The summed E-state index contributed by atoms with van der Waals surface area (Å²) >= 11 is 0. The molecule has 0 aliphatic rings. The first-order valence-electron chi connectivity index (χ1n) is 10.1. The highest BCUT2D eigenvalue weighted by molar-refractivity contribution is 5.97. The number of hydrazone groups is 1. The second kappa shape index (κ2) is 9.84. The van der Waals surface area contributed by atoms with Crippen molar-refractivity contribution in [1.29, 1.82) is 0 Å². The molecule has 2 heterocycles. The normalized spacial score (nSPS) is 11.0. The van der Waals surface area contributed by atoms with Gasteiger partial charge in [-0.3, -0.25) is 14.6 Å². The van der Waals surface area contributed by atoms with Crippen molar-refractivity contribution in [2.75, 3.05) is 0 Å². The SMILES string of the molecule is Cc1ccc(-n2c(C)cc(/C=N/NC(=O)CC(=O)NCc3cccnc3)c2C)c(C)c1. The van der Waals surface area contributed by atoms with Gasteiger partial charge in [0.25, 0.3) is 0 Å². The third kappa shape index (κ3) is 5.66. The molecule has 0 atom stereocenters. The molecule has 0 fully saturated rings. The van der Waals surface area contributed by atoms with Crippen LogP contribution in [0.5, 0.6) is 0 Å². The first-order chi connectivity index (χ1) is 14.8. The van der Waals surface area contributed by atoms with Crippen LogP contribution >= 0.6 is 0 Å². The number of nitrogens with zero attached hydrogens (tertiary/aromatic N) is 3. The summed E-state index contributed by atoms with van der Waals surface area (Å²) < 4.78 is 2.17. The number of carbonyl (C=O) groups excluding carboxylic acids is 2. The zero-order valence-electron chi connectivity index (χ0n) is 18.3. The van der Waals surface area contributed by atoms with E-state index < -0.39 is 5.91 Å². The van der Waals surface area contributed by atoms with Crippen LogP contribution in [0, 0.1) is 27.7 Å². The van der Waals surface area contributed by atoms with Gasteiger partial charge >= 0.3 is 0 Å². The summed E-state index contributed by atoms with van der Waals surface area (Å²) in [7, 11) is 0. The number of hydrogen-bond donors (Lipinski definition) is 2. The van der Waals surface area contributed by atoms with E-state index in [2.05, 4.69) is 57.4 Å². The topological polar surface area (TPSA) is 88.4 Å². The van der Waals surface area contributed by atoms with Gasteiger partial charge < -0.3 is 9.88 Å². The van der Waals surface area contributed by atoms with Gasteiger partial charge in [-0.1, -0.05) is 23.8 Å². The van der Waals surface area contributed by atoms with E-state index in [4.69, 9.17) is 0 Å². The fourth-order valence-electron chi connectivity index (χ4n) is 3.47. The quantitative estimate of drug-likeness (QED) is 0.351. The second-order valence-electron chi connectivity index (χ2n) is 7.56. The molecular weight excluding hydrogens is 390 g/mol. The average Bonchev–Trinajstić information content (AvgIpc) is 3.01. The first kappa shape index (κ1) is 22.0. The lowest BCUT2D eigenvalue weighted by molar-refractivity contribution is -0.129. The van der Waals surface area contributed by atoms with Gasteiger partial charge in [-0.15, -0.1) is 0 Å². The van der Waals surface area contributed by atoms with Crippen molar-refractivity contribution in [2.45, 2.75) is 40.7 Å². The Bertz CT molecular complexity index is 1120. The van der Waals surface area contributed by atoms with Gasteiger partial charge in [0.05, 0.1) is 6.21 Å². The Hall–Kier alpha value is -3.74. The van der Waals surface area contributed by atoms with E-state index in [0.717, 1.165) is 28.2 Å². The molecule has 3 rings (SSSR count). The number of carbonyl (C=O) groups is 2. The number of pyridine rings is 1. The summed E-state index contributed by atoms with van der Waals surface area (Å²) in [5, 5.41) is 6.72. The van der Waals surface area contributed by atoms with Crippen LogP contribution in [0.25, 0.3) is 5.69 Å². The Morgan fingerprint density at radius 1 is 1.10 bits per heavy atom. The monoisotopic (exact) mass is 417 g/mol. The molecule has 0 saturated heterocycles. The molecule has 7 heteroatoms. The maximum Gasteiger partial charge on any atom is 0.249 e. The first-order valence-corrected chi connectivity index (χ1v) is 10.1. The molecule has 0 aliphatic carbocycles. The van der Waals surface area contributed by atoms with Gasteiger partial charge in [0.1, 0.15) is 6.42 Å². The van der Waals surface area contributed by atoms with E-state index in [1.807, 2.05) is 26.0 Å². The fraction of sp³-hybridized carbons (Fsp3) is 0.250. The molecular formula is C24H27N5O2. The van der Waals surface area contributed by atoms with Crippen LogP contribution in [-0.4, -0.2) is 27.6 Å². The van der Waals surface area contributed by atoms with Crippen molar-refractivity contribution in [3.8, 4) is 5.69 Å². The third-order valence-electron chi connectivity index (χ3n) is 4.99. The molecule has 0 bridgehead atoms. The minimum Gasteiger partial charge on any atom is -0.352 e. The number of nitrogens with one attached hydrogen (secondary N) is 2. The molecule has 0 aliphatic heterocycles. The summed E-state index contributed by atoms with van der Waals surface area (Å²) in [4.78, 5) is 27.9. The van der Waals surface area contributed by atoms with Gasteiger partial charge in [-0.05, 0) is 57.0 Å². The molecule has 2 aromatic heterocycles. The average molecular weight is 418 g/mol. The van der Waals surface area contributed by atoms with Crippen molar-refractivity contribution in [3.63, 3.8) is 0 Å². The van der Waals surface area contributed by atoms with Crippen molar-refractivity contribution < 1.29 is 9.59 Å². The van der Waals surface area contributed by atoms with Crippen molar-refractivity contribution in [2.24, 2.45) is 5.10 Å². The molecule has 0 saturated carbocycles. The summed E-state index contributed by atoms with van der Waals surface area (Å²) in [5.41, 5.74) is 9.82. The highest BCUT2D eigenvalue weighted by atomic mass is 16.2. The van der Waals surface area contributed by atoms with E-state index in [1.165, 1.54) is 11.1 Å². The van der Waals surface area contributed by atoms with Crippen LogP contribution < -0.4 is 10.7 Å². The maximum absolute atomic E-state index is 12.0. The van der Waals surface area contributed by atoms with Crippen LogP contribution in [-0.2, 0) is 16.1 Å². The van der Waals surface area contributed by atoms with Crippen LogP contribution in [0.15, 0.2) is 53.9 Å². The second-order valence-corrected chi connectivity index (χ2v) is 7.56. The predicted molar refractivity (Wildman–Crippen MR) is 121 cm³/mol. The number of aryl methyl sites for hydroxylation is 3. The summed E-state index contributed by atoms with van der Waals surface area (Å²) in [6.07, 6.45) is 4.64. The fourth-order valence-corrected chi connectivity index (χ4v) is 3.47. The van der Waals surface area contributed by atoms with Crippen LogP contribution in [0.2, 0.25) is 0 Å². The van der Waals surface area contributed by atoms with E-state index in [-0.39, 0.29) is 12.3 Å². The lowest BCUT2D eigenvalue weighted by Crippen LogP contribution is -2.29. The van der Waals surface area contributed by atoms with Gasteiger partial charge in [-0.2, -0.15) is 5.10 Å². The highest BCUT2D eigenvalue weighted by Gasteiger charge is 2.12. The summed E-state index contributed by atoms with van der Waals surface area (Å²) in [6, 6.07) is 12.0. The minimum atomic E-state index is -0.469. The van der Waals surface area contributed by atoms with Crippen LogP contribution in [0.4, 0.5) is 0 Å². The number of hydrogen-bond acceptors (Lipinski definition) is 4. The Morgan fingerprint density at radius 3 is 2.61 bits per heavy atom. The third-order valence-corrected chi connectivity index (χ3v) is 4.99. The molecule has 160 valence electrons. The molecule has 1 aromatic carbocycles. The number of aromatic nitrogens is 2. The Balaban J connectivity index is 1.58. The van der Waals surface area contributed by atoms with Crippen molar-refractivity contribution >= 4 is 18.0 Å². The number of benzene rings is 1. The zero-order valence-corrected chi connectivity index (χ0v) is 18.3. The van der Waals surface area contributed by atoms with E-state index in [9.17, 15) is 9.59 Å². The van der Waals surface area contributed by atoms with Gasteiger partial charge in [0.15, 0.2) is 0 Å². The molecule has 7 nitrogen and oxygen atoms in total.